The Hall–Kier alpha value is -1.64. The van der Waals surface area contributed by atoms with Crippen LogP contribution < -0.4 is 4.74 Å². The van der Waals surface area contributed by atoms with Crippen LogP contribution in [0.3, 0.4) is 0 Å². The van der Waals surface area contributed by atoms with Crippen molar-refractivity contribution in [1.82, 2.24) is 4.31 Å². The highest BCUT2D eigenvalue weighted by Crippen LogP contribution is 2.19. The van der Waals surface area contributed by atoms with E-state index in [1.807, 2.05) is 0 Å². The van der Waals surface area contributed by atoms with Crippen molar-refractivity contribution in [3.05, 3.63) is 24.3 Å². The predicted molar refractivity (Wildman–Crippen MR) is 80.5 cm³/mol. The summed E-state index contributed by atoms with van der Waals surface area (Å²) in [6.45, 7) is 2.19. The molecule has 0 heterocycles. The zero-order valence-electron chi connectivity index (χ0n) is 12.7. The standard InChI is InChI=1S/C14H21NO6S/c1-3-8-15(11-14(16)17)22(18,19)13-6-4-12(5-7-13)21-10-9-20-2/h4-7H,3,8-11H2,1-2H3,(H,16,17). The molecule has 0 aliphatic rings. The fourth-order valence-corrected chi connectivity index (χ4v) is 3.27. The number of carbonyl (C=O) groups is 1. The van der Waals surface area contributed by atoms with E-state index in [0.29, 0.717) is 25.4 Å². The number of methoxy groups -OCH3 is 1. The Bertz CT molecular complexity index is 570. The number of hydrogen-bond acceptors (Lipinski definition) is 5. The first-order chi connectivity index (χ1) is 10.4. The van der Waals surface area contributed by atoms with Crippen LogP contribution in [0.2, 0.25) is 0 Å². The normalized spacial score (nSPS) is 11.6. The summed E-state index contributed by atoms with van der Waals surface area (Å²) in [6.07, 6.45) is 0.532. The highest BCUT2D eigenvalue weighted by atomic mass is 32.2. The molecule has 0 saturated heterocycles. The summed E-state index contributed by atoms with van der Waals surface area (Å²) in [5.41, 5.74) is 0. The van der Waals surface area contributed by atoms with Gasteiger partial charge in [-0.3, -0.25) is 4.79 Å². The van der Waals surface area contributed by atoms with Crippen molar-refractivity contribution in [1.29, 1.82) is 0 Å². The number of aliphatic carboxylic acids is 1. The maximum absolute atomic E-state index is 12.4. The molecular formula is C14H21NO6S. The highest BCUT2D eigenvalue weighted by Gasteiger charge is 2.25. The lowest BCUT2D eigenvalue weighted by molar-refractivity contribution is -0.137. The number of carboxylic acids is 1. The van der Waals surface area contributed by atoms with Crippen molar-refractivity contribution in [2.75, 3.05) is 33.4 Å². The molecule has 0 radical (unpaired) electrons. The number of rotatable bonds is 10. The Morgan fingerprint density at radius 1 is 1.23 bits per heavy atom. The average Bonchev–Trinajstić information content (AvgIpc) is 2.47. The summed E-state index contributed by atoms with van der Waals surface area (Å²) < 4.78 is 36.0. The predicted octanol–water partition coefficient (Wildman–Crippen LogP) is 1.20. The third kappa shape index (κ3) is 5.28. The Labute approximate surface area is 130 Å². The SMILES string of the molecule is CCCN(CC(=O)O)S(=O)(=O)c1ccc(OCCOC)cc1. The zero-order chi connectivity index (χ0) is 16.6. The van der Waals surface area contributed by atoms with Crippen molar-refractivity contribution in [2.24, 2.45) is 0 Å². The zero-order valence-corrected chi connectivity index (χ0v) is 13.5. The summed E-state index contributed by atoms with van der Waals surface area (Å²) >= 11 is 0. The van der Waals surface area contributed by atoms with Crippen LogP contribution >= 0.6 is 0 Å². The molecule has 0 fully saturated rings. The summed E-state index contributed by atoms with van der Waals surface area (Å²) in [7, 11) is -2.27. The third-order valence-electron chi connectivity index (χ3n) is 2.80. The van der Waals surface area contributed by atoms with Crippen molar-refractivity contribution >= 4 is 16.0 Å². The van der Waals surface area contributed by atoms with Crippen LogP contribution in [0, 0.1) is 0 Å². The van der Waals surface area contributed by atoms with Crippen LogP contribution in [-0.2, 0) is 19.6 Å². The second-order valence-electron chi connectivity index (χ2n) is 4.54. The second kappa shape index (κ2) is 8.72. The van der Waals surface area contributed by atoms with E-state index in [2.05, 4.69) is 0 Å². The molecule has 7 nitrogen and oxygen atoms in total. The molecule has 0 bridgehead atoms. The van der Waals surface area contributed by atoms with Gasteiger partial charge in [0.2, 0.25) is 10.0 Å². The molecular weight excluding hydrogens is 310 g/mol. The Morgan fingerprint density at radius 3 is 2.36 bits per heavy atom. The largest absolute Gasteiger partial charge is 0.491 e. The lowest BCUT2D eigenvalue weighted by Crippen LogP contribution is -2.36. The van der Waals surface area contributed by atoms with E-state index >= 15 is 0 Å². The van der Waals surface area contributed by atoms with Gasteiger partial charge in [-0.15, -0.1) is 0 Å². The fourth-order valence-electron chi connectivity index (χ4n) is 1.78. The van der Waals surface area contributed by atoms with Crippen molar-refractivity contribution in [2.45, 2.75) is 18.2 Å². The topological polar surface area (TPSA) is 93.1 Å². The van der Waals surface area contributed by atoms with Crippen LogP contribution in [0.15, 0.2) is 29.2 Å². The van der Waals surface area contributed by atoms with Gasteiger partial charge >= 0.3 is 5.97 Å². The van der Waals surface area contributed by atoms with Gasteiger partial charge in [-0.05, 0) is 30.7 Å². The highest BCUT2D eigenvalue weighted by molar-refractivity contribution is 7.89. The Morgan fingerprint density at radius 2 is 1.86 bits per heavy atom. The minimum Gasteiger partial charge on any atom is -0.491 e. The van der Waals surface area contributed by atoms with Crippen molar-refractivity contribution < 1.29 is 27.8 Å². The lowest BCUT2D eigenvalue weighted by Gasteiger charge is -2.19. The van der Waals surface area contributed by atoms with Gasteiger partial charge in [0.25, 0.3) is 0 Å². The molecule has 22 heavy (non-hydrogen) atoms. The summed E-state index contributed by atoms with van der Waals surface area (Å²) in [4.78, 5) is 10.9. The lowest BCUT2D eigenvalue weighted by atomic mass is 10.3. The van der Waals surface area contributed by atoms with E-state index in [9.17, 15) is 13.2 Å². The van der Waals surface area contributed by atoms with E-state index in [4.69, 9.17) is 14.6 Å². The number of sulfonamides is 1. The van der Waals surface area contributed by atoms with E-state index < -0.39 is 22.5 Å². The Kier molecular flexibility index (Phi) is 7.30. The maximum atomic E-state index is 12.4. The van der Waals surface area contributed by atoms with Crippen LogP contribution in [0.1, 0.15) is 13.3 Å². The molecule has 0 atom stereocenters. The summed E-state index contributed by atoms with van der Waals surface area (Å²) in [5, 5.41) is 8.85. The third-order valence-corrected chi connectivity index (χ3v) is 4.66. The molecule has 0 unspecified atom stereocenters. The molecule has 1 aromatic rings. The number of carboxylic acid groups (broad SMARTS) is 1. The number of hydrogen-bond donors (Lipinski definition) is 1. The second-order valence-corrected chi connectivity index (χ2v) is 6.48. The molecule has 0 spiro atoms. The van der Waals surface area contributed by atoms with E-state index in [-0.39, 0.29) is 11.4 Å². The first kappa shape index (κ1) is 18.4. The molecule has 1 aromatic carbocycles. The van der Waals surface area contributed by atoms with Gasteiger partial charge < -0.3 is 14.6 Å². The van der Waals surface area contributed by atoms with Gasteiger partial charge in [0.15, 0.2) is 0 Å². The van der Waals surface area contributed by atoms with Gasteiger partial charge in [0.1, 0.15) is 18.9 Å². The van der Waals surface area contributed by atoms with Gasteiger partial charge in [0.05, 0.1) is 11.5 Å². The van der Waals surface area contributed by atoms with Crippen molar-refractivity contribution in [3.63, 3.8) is 0 Å². The van der Waals surface area contributed by atoms with Gasteiger partial charge in [-0.1, -0.05) is 6.92 Å². The van der Waals surface area contributed by atoms with E-state index in [1.54, 1.807) is 14.0 Å². The minimum absolute atomic E-state index is 0.0429. The average molecular weight is 331 g/mol. The maximum Gasteiger partial charge on any atom is 0.318 e. The van der Waals surface area contributed by atoms with Gasteiger partial charge in [-0.2, -0.15) is 4.31 Å². The van der Waals surface area contributed by atoms with E-state index in [0.717, 1.165) is 4.31 Å². The number of ether oxygens (including phenoxy) is 2. The quantitative estimate of drug-likeness (QED) is 0.648. The molecule has 0 amide bonds. The molecule has 1 rings (SSSR count). The van der Waals surface area contributed by atoms with Crippen molar-refractivity contribution in [3.8, 4) is 5.75 Å². The van der Waals surface area contributed by atoms with Crippen LogP contribution in [-0.4, -0.2) is 57.2 Å². The van der Waals surface area contributed by atoms with Crippen LogP contribution in [0.25, 0.3) is 0 Å². The molecule has 0 aromatic heterocycles. The Balaban J connectivity index is 2.88. The first-order valence-corrected chi connectivity index (χ1v) is 8.29. The van der Waals surface area contributed by atoms with Gasteiger partial charge in [0, 0.05) is 13.7 Å². The summed E-state index contributed by atoms with van der Waals surface area (Å²) in [5.74, 6) is -0.659. The van der Waals surface area contributed by atoms with E-state index in [1.165, 1.54) is 24.3 Å². The monoisotopic (exact) mass is 331 g/mol. The molecule has 0 aliphatic heterocycles. The molecule has 1 N–H and O–H groups in total. The molecule has 8 heteroatoms. The number of nitrogens with zero attached hydrogens (tertiary/aromatic N) is 1. The fraction of sp³-hybridized carbons (Fsp3) is 0.500. The summed E-state index contributed by atoms with van der Waals surface area (Å²) in [6, 6.07) is 5.88. The molecule has 124 valence electrons. The number of benzene rings is 1. The minimum atomic E-state index is -3.83. The first-order valence-electron chi connectivity index (χ1n) is 6.85. The molecule has 0 saturated carbocycles. The van der Waals surface area contributed by atoms with Gasteiger partial charge in [-0.25, -0.2) is 8.42 Å². The van der Waals surface area contributed by atoms with Crippen LogP contribution in [0.4, 0.5) is 0 Å². The van der Waals surface area contributed by atoms with Crippen LogP contribution in [0.5, 0.6) is 5.75 Å². The molecule has 0 aliphatic carbocycles. The smallest absolute Gasteiger partial charge is 0.318 e.